The molecular weight excluding hydrogens is 246 g/mol. The minimum absolute atomic E-state index is 0.0581. The molecule has 0 unspecified atom stereocenters. The van der Waals surface area contributed by atoms with Gasteiger partial charge in [-0.15, -0.1) is 0 Å². The molecule has 7 heteroatoms. The van der Waals surface area contributed by atoms with Gasteiger partial charge in [-0.2, -0.15) is 15.0 Å². The molecule has 0 radical (unpaired) electrons. The van der Waals surface area contributed by atoms with Crippen molar-refractivity contribution in [1.82, 2.24) is 15.0 Å². The highest BCUT2D eigenvalue weighted by atomic mass is 16.5. The topological polar surface area (TPSA) is 106 Å². The first-order chi connectivity index (χ1) is 9.17. The van der Waals surface area contributed by atoms with Gasteiger partial charge in [0.1, 0.15) is 0 Å². The highest BCUT2D eigenvalue weighted by Gasteiger charge is 2.32. The van der Waals surface area contributed by atoms with Crippen molar-refractivity contribution >= 4 is 11.9 Å². The van der Waals surface area contributed by atoms with Crippen LogP contribution < -0.4 is 15.8 Å². The lowest BCUT2D eigenvalue weighted by atomic mass is 9.82. The van der Waals surface area contributed by atoms with Crippen LogP contribution in [-0.2, 0) is 0 Å². The molecule has 0 bridgehead atoms. The van der Waals surface area contributed by atoms with Gasteiger partial charge in [0, 0.05) is 0 Å². The van der Waals surface area contributed by atoms with Gasteiger partial charge in [0.15, 0.2) is 0 Å². The number of hydrogen-bond donors (Lipinski definition) is 3. The Bertz CT molecular complexity index is 421. The lowest BCUT2D eigenvalue weighted by Gasteiger charge is -2.36. The third kappa shape index (κ3) is 3.44. The van der Waals surface area contributed by atoms with Crippen LogP contribution in [0.4, 0.5) is 11.9 Å². The number of nitrogen functional groups attached to an aromatic ring is 1. The van der Waals surface area contributed by atoms with Crippen LogP contribution >= 0.6 is 0 Å². The normalized spacial score (nSPS) is 18.0. The molecule has 0 aliphatic heterocycles. The molecule has 0 amide bonds. The summed E-state index contributed by atoms with van der Waals surface area (Å²) in [6.07, 6.45) is 5.18. The zero-order valence-electron chi connectivity index (χ0n) is 11.2. The molecule has 7 nitrogen and oxygen atoms in total. The molecule has 0 spiro atoms. The molecule has 106 valence electrons. The average Bonchev–Trinajstić information content (AvgIpc) is 2.39. The summed E-state index contributed by atoms with van der Waals surface area (Å²) in [5.41, 5.74) is 5.28. The minimum Gasteiger partial charge on any atom is -0.464 e. The maximum Gasteiger partial charge on any atom is 0.323 e. The van der Waals surface area contributed by atoms with Crippen molar-refractivity contribution in [3.05, 3.63) is 0 Å². The lowest BCUT2D eigenvalue weighted by Crippen LogP contribution is -2.44. The molecular formula is C12H21N5O2. The van der Waals surface area contributed by atoms with Gasteiger partial charge in [-0.05, 0) is 19.8 Å². The van der Waals surface area contributed by atoms with Gasteiger partial charge in [0.25, 0.3) is 0 Å². The van der Waals surface area contributed by atoms with E-state index in [1.807, 2.05) is 6.92 Å². The van der Waals surface area contributed by atoms with Crippen LogP contribution in [0.5, 0.6) is 6.01 Å². The van der Waals surface area contributed by atoms with Gasteiger partial charge in [0.05, 0.1) is 18.8 Å². The second kappa shape index (κ2) is 6.01. The van der Waals surface area contributed by atoms with Gasteiger partial charge in [-0.1, -0.05) is 19.3 Å². The molecule has 1 aromatic heterocycles. The molecule has 0 atom stereocenters. The Kier molecular flexibility index (Phi) is 4.36. The van der Waals surface area contributed by atoms with E-state index in [2.05, 4.69) is 20.3 Å². The van der Waals surface area contributed by atoms with Crippen molar-refractivity contribution in [2.45, 2.75) is 44.6 Å². The minimum atomic E-state index is -0.352. The van der Waals surface area contributed by atoms with E-state index < -0.39 is 0 Å². The standard InChI is InChI=1S/C12H21N5O2/c1-2-19-11-15-9(13)14-10(16-11)17-12(8-18)6-4-3-5-7-12/h18H,2-8H2,1H3,(H3,13,14,15,16,17). The molecule has 1 aliphatic carbocycles. The summed E-state index contributed by atoms with van der Waals surface area (Å²) in [6, 6.07) is 0.210. The fraction of sp³-hybridized carbons (Fsp3) is 0.750. The van der Waals surface area contributed by atoms with E-state index in [9.17, 15) is 5.11 Å². The fourth-order valence-corrected chi connectivity index (χ4v) is 2.41. The van der Waals surface area contributed by atoms with Crippen molar-refractivity contribution in [3.63, 3.8) is 0 Å². The summed E-state index contributed by atoms with van der Waals surface area (Å²) in [5.74, 6) is 0.483. The smallest absolute Gasteiger partial charge is 0.323 e. The first kappa shape index (κ1) is 13.8. The summed E-state index contributed by atoms with van der Waals surface area (Å²) >= 11 is 0. The quantitative estimate of drug-likeness (QED) is 0.729. The number of aliphatic hydroxyl groups excluding tert-OH is 1. The molecule has 1 saturated carbocycles. The second-order valence-corrected chi connectivity index (χ2v) is 4.86. The number of anilines is 2. The number of aliphatic hydroxyl groups is 1. The van der Waals surface area contributed by atoms with Gasteiger partial charge in [0.2, 0.25) is 11.9 Å². The third-order valence-electron chi connectivity index (χ3n) is 3.40. The number of rotatable bonds is 5. The monoisotopic (exact) mass is 267 g/mol. The van der Waals surface area contributed by atoms with E-state index in [0.29, 0.717) is 12.6 Å². The zero-order valence-corrected chi connectivity index (χ0v) is 11.2. The highest BCUT2D eigenvalue weighted by molar-refractivity contribution is 5.35. The van der Waals surface area contributed by atoms with Gasteiger partial charge in [-0.3, -0.25) is 0 Å². The van der Waals surface area contributed by atoms with E-state index in [-0.39, 0.29) is 24.1 Å². The van der Waals surface area contributed by atoms with Crippen LogP contribution in [0.1, 0.15) is 39.0 Å². The van der Waals surface area contributed by atoms with E-state index in [1.165, 1.54) is 6.42 Å². The largest absolute Gasteiger partial charge is 0.464 e. The predicted molar refractivity (Wildman–Crippen MR) is 71.9 cm³/mol. The van der Waals surface area contributed by atoms with Crippen LogP contribution in [0.3, 0.4) is 0 Å². The molecule has 19 heavy (non-hydrogen) atoms. The Labute approximate surface area is 112 Å². The number of hydrogen-bond acceptors (Lipinski definition) is 7. The summed E-state index contributed by atoms with van der Waals surface area (Å²) in [4.78, 5) is 12.1. The van der Waals surface area contributed by atoms with Gasteiger partial charge in [-0.25, -0.2) is 0 Å². The Morgan fingerprint density at radius 1 is 1.26 bits per heavy atom. The van der Waals surface area contributed by atoms with Crippen LogP contribution in [0.2, 0.25) is 0 Å². The van der Waals surface area contributed by atoms with E-state index >= 15 is 0 Å². The summed E-state index contributed by atoms with van der Waals surface area (Å²) in [7, 11) is 0. The summed E-state index contributed by atoms with van der Waals surface area (Å²) in [6.45, 7) is 2.38. The van der Waals surface area contributed by atoms with Crippen molar-refractivity contribution in [2.24, 2.45) is 0 Å². The van der Waals surface area contributed by atoms with Crippen molar-refractivity contribution < 1.29 is 9.84 Å². The maximum absolute atomic E-state index is 9.65. The second-order valence-electron chi connectivity index (χ2n) is 4.86. The summed E-state index contributed by atoms with van der Waals surface area (Å²) < 4.78 is 5.24. The van der Waals surface area contributed by atoms with Crippen molar-refractivity contribution in [1.29, 1.82) is 0 Å². The van der Waals surface area contributed by atoms with Crippen LogP contribution in [-0.4, -0.2) is 38.8 Å². The summed E-state index contributed by atoms with van der Waals surface area (Å²) in [5, 5.41) is 12.9. The number of aromatic nitrogens is 3. The fourth-order valence-electron chi connectivity index (χ4n) is 2.41. The third-order valence-corrected chi connectivity index (χ3v) is 3.40. The molecule has 4 N–H and O–H groups in total. The Morgan fingerprint density at radius 2 is 2.00 bits per heavy atom. The Morgan fingerprint density at radius 3 is 2.63 bits per heavy atom. The number of ether oxygens (including phenoxy) is 1. The molecule has 2 rings (SSSR count). The molecule has 0 saturated heterocycles. The van der Waals surface area contributed by atoms with Crippen LogP contribution in [0, 0.1) is 0 Å². The number of nitrogens with one attached hydrogen (secondary N) is 1. The first-order valence-corrected chi connectivity index (χ1v) is 6.71. The van der Waals surface area contributed by atoms with Crippen LogP contribution in [0.15, 0.2) is 0 Å². The van der Waals surface area contributed by atoms with Crippen LogP contribution in [0.25, 0.3) is 0 Å². The number of nitrogens with zero attached hydrogens (tertiary/aromatic N) is 3. The molecule has 1 aliphatic rings. The first-order valence-electron chi connectivity index (χ1n) is 6.71. The zero-order chi connectivity index (χ0) is 13.7. The Hall–Kier alpha value is -1.63. The van der Waals surface area contributed by atoms with E-state index in [4.69, 9.17) is 10.5 Å². The van der Waals surface area contributed by atoms with E-state index in [0.717, 1.165) is 25.7 Å². The predicted octanol–water partition coefficient (Wildman–Crippen LogP) is 0.960. The lowest BCUT2D eigenvalue weighted by molar-refractivity contribution is 0.172. The average molecular weight is 267 g/mol. The maximum atomic E-state index is 9.65. The van der Waals surface area contributed by atoms with Crippen molar-refractivity contribution in [3.8, 4) is 6.01 Å². The SMILES string of the molecule is CCOc1nc(N)nc(NC2(CO)CCCCC2)n1. The van der Waals surface area contributed by atoms with Crippen molar-refractivity contribution in [2.75, 3.05) is 24.3 Å². The van der Waals surface area contributed by atoms with Gasteiger partial charge < -0.3 is 20.9 Å². The van der Waals surface area contributed by atoms with E-state index in [1.54, 1.807) is 0 Å². The Balaban J connectivity index is 2.16. The highest BCUT2D eigenvalue weighted by Crippen LogP contribution is 2.30. The molecule has 0 aromatic carbocycles. The van der Waals surface area contributed by atoms with Gasteiger partial charge >= 0.3 is 6.01 Å². The molecule has 1 aromatic rings. The molecule has 1 heterocycles. The molecule has 1 fully saturated rings. The number of nitrogens with two attached hydrogens (primary N) is 1.